The lowest BCUT2D eigenvalue weighted by Gasteiger charge is -2.14. The first-order valence-corrected chi connectivity index (χ1v) is 17.4. The molecule has 0 saturated carbocycles. The summed E-state index contributed by atoms with van der Waals surface area (Å²) in [6.45, 7) is 4.94. The van der Waals surface area contributed by atoms with E-state index in [2.05, 4.69) is 4.52 Å². The predicted octanol–water partition coefficient (Wildman–Crippen LogP) is 4.05. The second-order valence-electron chi connectivity index (χ2n) is 10.0. The minimum atomic E-state index is -3.91. The molecule has 42 heavy (non-hydrogen) atoms. The van der Waals surface area contributed by atoms with Gasteiger partial charge in [0.1, 0.15) is 17.3 Å². The molecular formula is C28H48NO11PS. The van der Waals surface area contributed by atoms with E-state index >= 15 is 0 Å². The van der Waals surface area contributed by atoms with Gasteiger partial charge in [0.2, 0.25) is 11.8 Å². The lowest BCUT2D eigenvalue weighted by atomic mass is 10.1. The SMILES string of the molecule is CCOP(=O)(O)OCCCCCCCC(=O)CCOCCOCCCC(=O)CCN1C(=O)CC(SCCC(C)=O)C1=O. The van der Waals surface area contributed by atoms with E-state index in [0.717, 1.165) is 30.6 Å². The van der Waals surface area contributed by atoms with Gasteiger partial charge in [0.05, 0.1) is 38.3 Å². The van der Waals surface area contributed by atoms with E-state index in [1.54, 1.807) is 6.92 Å². The van der Waals surface area contributed by atoms with Crippen molar-refractivity contribution < 1.29 is 52.0 Å². The number of unbranched alkanes of at least 4 members (excludes halogenated alkanes) is 4. The van der Waals surface area contributed by atoms with Crippen molar-refractivity contribution in [2.75, 3.05) is 51.9 Å². The molecule has 0 aliphatic carbocycles. The lowest BCUT2D eigenvalue weighted by Crippen LogP contribution is -2.33. The molecule has 0 aromatic rings. The molecular weight excluding hydrogens is 589 g/mol. The number of phosphoric acid groups is 1. The van der Waals surface area contributed by atoms with E-state index < -0.39 is 13.1 Å². The first-order chi connectivity index (χ1) is 20.1. The van der Waals surface area contributed by atoms with Crippen LogP contribution < -0.4 is 0 Å². The first-order valence-electron chi connectivity index (χ1n) is 14.8. The number of hydrogen-bond acceptors (Lipinski definition) is 11. The number of phosphoric ester groups is 1. The number of carbonyl (C=O) groups excluding carboxylic acids is 5. The Hall–Kier alpha value is -1.47. The Kier molecular flexibility index (Phi) is 21.1. The Morgan fingerprint density at radius 2 is 1.48 bits per heavy atom. The summed E-state index contributed by atoms with van der Waals surface area (Å²) in [5, 5.41) is -0.465. The zero-order valence-electron chi connectivity index (χ0n) is 25.1. The molecule has 242 valence electrons. The van der Waals surface area contributed by atoms with Crippen molar-refractivity contribution in [2.24, 2.45) is 0 Å². The van der Waals surface area contributed by atoms with Crippen LogP contribution in [0.1, 0.15) is 90.9 Å². The van der Waals surface area contributed by atoms with Crippen LogP contribution in [0, 0.1) is 0 Å². The molecule has 2 unspecified atom stereocenters. The summed E-state index contributed by atoms with van der Waals surface area (Å²) in [5.41, 5.74) is 0. The summed E-state index contributed by atoms with van der Waals surface area (Å²) in [5.74, 6) is 0.118. The van der Waals surface area contributed by atoms with Crippen molar-refractivity contribution in [3.8, 4) is 0 Å². The van der Waals surface area contributed by atoms with Crippen molar-refractivity contribution in [3.63, 3.8) is 0 Å². The third-order valence-electron chi connectivity index (χ3n) is 6.38. The lowest BCUT2D eigenvalue weighted by molar-refractivity contribution is -0.138. The third-order valence-corrected chi connectivity index (χ3v) is 8.68. The maximum atomic E-state index is 12.4. The van der Waals surface area contributed by atoms with Crippen LogP contribution in [-0.2, 0) is 47.1 Å². The topological polar surface area (TPSA) is 163 Å². The van der Waals surface area contributed by atoms with Gasteiger partial charge in [-0.25, -0.2) is 4.57 Å². The van der Waals surface area contributed by atoms with E-state index in [-0.39, 0.29) is 61.8 Å². The number of rotatable bonds is 28. The fraction of sp³-hybridized carbons (Fsp3) is 0.821. The summed E-state index contributed by atoms with van der Waals surface area (Å²) in [7, 11) is -3.91. The number of hydrogen-bond donors (Lipinski definition) is 1. The predicted molar refractivity (Wildman–Crippen MR) is 158 cm³/mol. The van der Waals surface area contributed by atoms with E-state index in [9.17, 15) is 33.4 Å². The average molecular weight is 638 g/mol. The summed E-state index contributed by atoms with van der Waals surface area (Å²) in [6.07, 6.45) is 6.43. The molecule has 14 heteroatoms. The molecule has 2 amide bonds. The Morgan fingerprint density at radius 3 is 2.19 bits per heavy atom. The zero-order chi connectivity index (χ0) is 31.2. The fourth-order valence-electron chi connectivity index (χ4n) is 4.06. The Bertz CT molecular complexity index is 901. The van der Waals surface area contributed by atoms with Gasteiger partial charge in [-0.3, -0.25) is 37.9 Å². The smallest absolute Gasteiger partial charge is 0.379 e. The van der Waals surface area contributed by atoms with Gasteiger partial charge in [0.25, 0.3) is 0 Å². The largest absolute Gasteiger partial charge is 0.472 e. The number of carbonyl (C=O) groups is 5. The van der Waals surface area contributed by atoms with Crippen molar-refractivity contribution in [3.05, 3.63) is 0 Å². The van der Waals surface area contributed by atoms with Crippen LogP contribution >= 0.6 is 19.6 Å². The summed E-state index contributed by atoms with van der Waals surface area (Å²) < 4.78 is 31.7. The standard InChI is InChI=1S/C28H48NO11PS/c1-3-39-41(35,36)40-17-8-6-4-5-7-10-25(32)13-18-38-20-19-37-16-9-11-24(31)12-15-29-27(33)22-26(28(29)34)42-21-14-23(2)30/h26H,3-22H2,1-2H3,(H,35,36). The Morgan fingerprint density at radius 1 is 0.833 bits per heavy atom. The average Bonchev–Trinajstić information content (AvgIpc) is 3.19. The highest BCUT2D eigenvalue weighted by atomic mass is 32.2. The van der Waals surface area contributed by atoms with Crippen molar-refractivity contribution >= 4 is 48.7 Å². The number of thioether (sulfide) groups is 1. The van der Waals surface area contributed by atoms with E-state index in [0.29, 0.717) is 70.7 Å². The van der Waals surface area contributed by atoms with Gasteiger partial charge in [-0.1, -0.05) is 19.3 Å². The van der Waals surface area contributed by atoms with Crippen molar-refractivity contribution in [2.45, 2.75) is 96.1 Å². The summed E-state index contributed by atoms with van der Waals surface area (Å²) in [4.78, 5) is 70.2. The normalized spacial score (nSPS) is 16.6. The van der Waals surface area contributed by atoms with Gasteiger partial charge in [0, 0.05) is 57.4 Å². The molecule has 0 spiro atoms. The number of ether oxygens (including phenoxy) is 2. The first kappa shape index (κ1) is 38.6. The number of likely N-dealkylation sites (tertiary alicyclic amines) is 1. The van der Waals surface area contributed by atoms with Gasteiger partial charge >= 0.3 is 7.82 Å². The summed E-state index contributed by atoms with van der Waals surface area (Å²) in [6, 6.07) is 0. The highest BCUT2D eigenvalue weighted by Crippen LogP contribution is 2.43. The van der Waals surface area contributed by atoms with Gasteiger partial charge in [-0.05, 0) is 33.1 Å². The highest BCUT2D eigenvalue weighted by Gasteiger charge is 2.38. The van der Waals surface area contributed by atoms with Crippen LogP contribution in [-0.4, -0.2) is 96.1 Å². The minimum Gasteiger partial charge on any atom is -0.379 e. The number of ketones is 3. The second-order valence-corrected chi connectivity index (χ2v) is 12.8. The van der Waals surface area contributed by atoms with Crippen LogP contribution in [0.15, 0.2) is 0 Å². The number of nitrogens with zero attached hydrogens (tertiary/aromatic N) is 1. The maximum Gasteiger partial charge on any atom is 0.472 e. The Labute approximate surface area is 253 Å². The minimum absolute atomic E-state index is 0.0358. The number of imide groups is 1. The van der Waals surface area contributed by atoms with Gasteiger partial charge in [0.15, 0.2) is 0 Å². The molecule has 1 aliphatic heterocycles. The molecule has 2 atom stereocenters. The Balaban J connectivity index is 1.93. The molecule has 0 bridgehead atoms. The van der Waals surface area contributed by atoms with Crippen molar-refractivity contribution in [1.82, 2.24) is 4.90 Å². The monoisotopic (exact) mass is 637 g/mol. The zero-order valence-corrected chi connectivity index (χ0v) is 26.8. The number of Topliss-reactive ketones (excluding diaryl/α,β-unsaturated/α-hetero) is 3. The van der Waals surface area contributed by atoms with Crippen LogP contribution in [0.25, 0.3) is 0 Å². The van der Waals surface area contributed by atoms with Crippen LogP contribution in [0.5, 0.6) is 0 Å². The molecule has 0 aromatic heterocycles. The van der Waals surface area contributed by atoms with E-state index in [4.69, 9.17) is 14.0 Å². The van der Waals surface area contributed by atoms with Crippen LogP contribution in [0.4, 0.5) is 0 Å². The molecule has 1 rings (SSSR count). The molecule has 1 aliphatic rings. The summed E-state index contributed by atoms with van der Waals surface area (Å²) >= 11 is 1.32. The maximum absolute atomic E-state index is 12.4. The van der Waals surface area contributed by atoms with Gasteiger partial charge in [-0.2, -0.15) is 0 Å². The highest BCUT2D eigenvalue weighted by molar-refractivity contribution is 8.00. The van der Waals surface area contributed by atoms with Gasteiger partial charge < -0.3 is 14.4 Å². The van der Waals surface area contributed by atoms with Crippen molar-refractivity contribution in [1.29, 1.82) is 0 Å². The van der Waals surface area contributed by atoms with Crippen LogP contribution in [0.3, 0.4) is 0 Å². The molecule has 1 saturated heterocycles. The van der Waals surface area contributed by atoms with E-state index in [1.165, 1.54) is 18.7 Å². The molecule has 0 aromatic carbocycles. The molecule has 1 heterocycles. The molecule has 12 nitrogen and oxygen atoms in total. The molecule has 1 fully saturated rings. The second kappa shape index (κ2) is 23.0. The van der Waals surface area contributed by atoms with E-state index in [1.807, 2.05) is 0 Å². The van der Waals surface area contributed by atoms with Crippen LogP contribution in [0.2, 0.25) is 0 Å². The third kappa shape index (κ3) is 18.9. The van der Waals surface area contributed by atoms with Gasteiger partial charge in [-0.15, -0.1) is 11.8 Å². The fourth-order valence-corrected chi connectivity index (χ4v) is 6.04. The number of amides is 2. The molecule has 0 radical (unpaired) electrons. The quantitative estimate of drug-likeness (QED) is 0.0745. The molecule has 1 N–H and O–H groups in total.